The van der Waals surface area contributed by atoms with E-state index in [1.807, 2.05) is 11.3 Å². The van der Waals surface area contributed by atoms with Crippen LogP contribution in [0, 0.1) is 0 Å². The van der Waals surface area contributed by atoms with Gasteiger partial charge in [-0.1, -0.05) is 13.0 Å². The number of piperidine rings is 1. The highest BCUT2D eigenvalue weighted by atomic mass is 32.1. The molecular formula is C13H22N2S. The normalized spacial score (nSPS) is 27.1. The van der Waals surface area contributed by atoms with E-state index in [0.29, 0.717) is 6.04 Å². The van der Waals surface area contributed by atoms with Crippen molar-refractivity contribution in [3.63, 3.8) is 0 Å². The van der Waals surface area contributed by atoms with Gasteiger partial charge in [-0.3, -0.25) is 0 Å². The summed E-state index contributed by atoms with van der Waals surface area (Å²) in [6, 6.07) is 5.78. The molecular weight excluding hydrogens is 216 g/mol. The van der Waals surface area contributed by atoms with Crippen LogP contribution in [0.5, 0.6) is 0 Å². The molecule has 0 bridgehead atoms. The molecule has 2 atom stereocenters. The SMILES string of the molecule is CCN1CCC(NCc2cccs2)CC1C. The van der Waals surface area contributed by atoms with Crippen LogP contribution in [0.25, 0.3) is 0 Å². The van der Waals surface area contributed by atoms with Gasteiger partial charge in [-0.2, -0.15) is 0 Å². The minimum atomic E-state index is 0.708. The summed E-state index contributed by atoms with van der Waals surface area (Å²) in [4.78, 5) is 4.02. The highest BCUT2D eigenvalue weighted by Gasteiger charge is 2.23. The first kappa shape index (κ1) is 12.1. The third-order valence-electron chi connectivity index (χ3n) is 3.57. The van der Waals surface area contributed by atoms with Crippen LogP contribution in [-0.4, -0.2) is 30.1 Å². The average Bonchev–Trinajstić information content (AvgIpc) is 2.79. The first-order chi connectivity index (χ1) is 7.79. The molecule has 1 aliphatic heterocycles. The number of nitrogens with zero attached hydrogens (tertiary/aromatic N) is 1. The second-order valence-corrected chi connectivity index (χ2v) is 5.69. The van der Waals surface area contributed by atoms with Gasteiger partial charge < -0.3 is 10.2 Å². The maximum atomic E-state index is 3.68. The van der Waals surface area contributed by atoms with Crippen molar-refractivity contribution in [2.45, 2.75) is 45.3 Å². The van der Waals surface area contributed by atoms with Gasteiger partial charge in [-0.15, -0.1) is 11.3 Å². The molecule has 2 rings (SSSR count). The molecule has 16 heavy (non-hydrogen) atoms. The largest absolute Gasteiger partial charge is 0.309 e. The summed E-state index contributed by atoms with van der Waals surface area (Å²) in [6.07, 6.45) is 2.59. The second-order valence-electron chi connectivity index (χ2n) is 4.66. The van der Waals surface area contributed by atoms with Crippen molar-refractivity contribution < 1.29 is 0 Å². The van der Waals surface area contributed by atoms with Crippen LogP contribution in [0.3, 0.4) is 0 Å². The van der Waals surface area contributed by atoms with Gasteiger partial charge in [-0.05, 0) is 44.3 Å². The maximum absolute atomic E-state index is 3.68. The maximum Gasteiger partial charge on any atom is 0.0302 e. The average molecular weight is 238 g/mol. The van der Waals surface area contributed by atoms with Gasteiger partial charge >= 0.3 is 0 Å². The molecule has 0 amide bonds. The summed E-state index contributed by atoms with van der Waals surface area (Å²) >= 11 is 1.84. The number of rotatable bonds is 4. The van der Waals surface area contributed by atoms with Gasteiger partial charge in [-0.25, -0.2) is 0 Å². The predicted octanol–water partition coefficient (Wildman–Crippen LogP) is 2.71. The topological polar surface area (TPSA) is 15.3 Å². The third-order valence-corrected chi connectivity index (χ3v) is 4.44. The molecule has 2 nitrogen and oxygen atoms in total. The number of nitrogens with one attached hydrogen (secondary N) is 1. The number of hydrogen-bond acceptors (Lipinski definition) is 3. The van der Waals surface area contributed by atoms with Crippen molar-refractivity contribution in [2.75, 3.05) is 13.1 Å². The Labute approximate surface area is 103 Å². The quantitative estimate of drug-likeness (QED) is 0.867. The molecule has 90 valence electrons. The lowest BCUT2D eigenvalue weighted by molar-refractivity contribution is 0.143. The lowest BCUT2D eigenvalue weighted by Gasteiger charge is -2.37. The Balaban J connectivity index is 1.75. The van der Waals surface area contributed by atoms with E-state index in [-0.39, 0.29) is 0 Å². The van der Waals surface area contributed by atoms with Crippen LogP contribution in [-0.2, 0) is 6.54 Å². The zero-order valence-corrected chi connectivity index (χ0v) is 11.1. The highest BCUT2D eigenvalue weighted by molar-refractivity contribution is 7.09. The van der Waals surface area contributed by atoms with Gasteiger partial charge in [0.1, 0.15) is 0 Å². The Hall–Kier alpha value is -0.380. The van der Waals surface area contributed by atoms with E-state index >= 15 is 0 Å². The third kappa shape index (κ3) is 3.06. The molecule has 3 heteroatoms. The fourth-order valence-electron chi connectivity index (χ4n) is 2.53. The molecule has 1 aliphatic rings. The lowest BCUT2D eigenvalue weighted by atomic mass is 9.98. The molecule has 1 fully saturated rings. The Kier molecular flexibility index (Phi) is 4.38. The summed E-state index contributed by atoms with van der Waals surface area (Å²) < 4.78 is 0. The van der Waals surface area contributed by atoms with Gasteiger partial charge in [0.25, 0.3) is 0 Å². The molecule has 2 heterocycles. The van der Waals surface area contributed by atoms with Crippen LogP contribution in [0.15, 0.2) is 17.5 Å². The van der Waals surface area contributed by atoms with Crippen molar-refractivity contribution in [1.82, 2.24) is 10.2 Å². The Morgan fingerprint density at radius 1 is 1.56 bits per heavy atom. The van der Waals surface area contributed by atoms with Crippen LogP contribution >= 0.6 is 11.3 Å². The van der Waals surface area contributed by atoms with Crippen molar-refractivity contribution in [1.29, 1.82) is 0 Å². The fourth-order valence-corrected chi connectivity index (χ4v) is 3.19. The van der Waals surface area contributed by atoms with Gasteiger partial charge in [0.15, 0.2) is 0 Å². The molecule has 1 N–H and O–H groups in total. The Morgan fingerprint density at radius 2 is 2.44 bits per heavy atom. The van der Waals surface area contributed by atoms with Crippen LogP contribution in [0.4, 0.5) is 0 Å². The second kappa shape index (κ2) is 5.80. The van der Waals surface area contributed by atoms with Crippen molar-refractivity contribution in [2.24, 2.45) is 0 Å². The molecule has 1 aromatic heterocycles. The molecule has 1 aromatic rings. The van der Waals surface area contributed by atoms with E-state index in [0.717, 1.165) is 12.6 Å². The van der Waals surface area contributed by atoms with Crippen LogP contribution in [0.2, 0.25) is 0 Å². The minimum absolute atomic E-state index is 0.708. The van der Waals surface area contributed by atoms with Crippen LogP contribution in [0.1, 0.15) is 31.6 Å². The monoisotopic (exact) mass is 238 g/mol. The first-order valence-electron chi connectivity index (χ1n) is 6.29. The molecule has 0 aromatic carbocycles. The first-order valence-corrected chi connectivity index (χ1v) is 7.17. The van der Waals surface area contributed by atoms with E-state index < -0.39 is 0 Å². The van der Waals surface area contributed by atoms with E-state index in [2.05, 4.69) is 41.6 Å². The predicted molar refractivity (Wildman–Crippen MR) is 70.9 cm³/mol. The van der Waals surface area contributed by atoms with Crippen molar-refractivity contribution >= 4 is 11.3 Å². The lowest BCUT2D eigenvalue weighted by Crippen LogP contribution is -2.46. The summed E-state index contributed by atoms with van der Waals surface area (Å²) in [6.45, 7) is 8.10. The number of hydrogen-bond donors (Lipinski definition) is 1. The number of likely N-dealkylation sites (tertiary alicyclic amines) is 1. The summed E-state index contributed by atoms with van der Waals surface area (Å²) in [5.74, 6) is 0. The molecule has 0 saturated carbocycles. The molecule has 0 spiro atoms. The van der Waals surface area contributed by atoms with E-state index in [9.17, 15) is 0 Å². The Morgan fingerprint density at radius 3 is 3.06 bits per heavy atom. The zero-order chi connectivity index (χ0) is 11.4. The summed E-state index contributed by atoms with van der Waals surface area (Å²) in [7, 11) is 0. The smallest absolute Gasteiger partial charge is 0.0302 e. The summed E-state index contributed by atoms with van der Waals surface area (Å²) in [5.41, 5.74) is 0. The standard InChI is InChI=1S/C13H22N2S/c1-3-15-7-6-12(9-11(15)2)14-10-13-5-4-8-16-13/h4-5,8,11-12,14H,3,6-7,9-10H2,1-2H3. The fraction of sp³-hybridized carbons (Fsp3) is 0.692. The van der Waals surface area contributed by atoms with E-state index in [4.69, 9.17) is 0 Å². The Bertz CT molecular complexity index is 297. The molecule has 0 aliphatic carbocycles. The molecule has 1 saturated heterocycles. The van der Waals surface area contributed by atoms with E-state index in [1.54, 1.807) is 0 Å². The van der Waals surface area contributed by atoms with Gasteiger partial charge in [0, 0.05) is 23.5 Å². The highest BCUT2D eigenvalue weighted by Crippen LogP contribution is 2.17. The van der Waals surface area contributed by atoms with Gasteiger partial charge in [0.2, 0.25) is 0 Å². The van der Waals surface area contributed by atoms with E-state index in [1.165, 1.54) is 30.8 Å². The van der Waals surface area contributed by atoms with Crippen molar-refractivity contribution in [3.8, 4) is 0 Å². The molecule has 0 radical (unpaired) electrons. The summed E-state index contributed by atoms with van der Waals surface area (Å²) in [5, 5.41) is 5.83. The van der Waals surface area contributed by atoms with Crippen molar-refractivity contribution in [3.05, 3.63) is 22.4 Å². The molecule has 2 unspecified atom stereocenters. The van der Waals surface area contributed by atoms with Crippen LogP contribution < -0.4 is 5.32 Å². The van der Waals surface area contributed by atoms with Gasteiger partial charge in [0.05, 0.1) is 0 Å². The number of thiophene rings is 1. The minimum Gasteiger partial charge on any atom is -0.309 e. The zero-order valence-electron chi connectivity index (χ0n) is 10.3.